The molecule has 1 aliphatic heterocycles. The van der Waals surface area contributed by atoms with Crippen molar-refractivity contribution in [2.24, 2.45) is 0 Å². The van der Waals surface area contributed by atoms with Gasteiger partial charge in [0, 0.05) is 12.1 Å². The van der Waals surface area contributed by atoms with Crippen LogP contribution in [0.1, 0.15) is 39.5 Å². The molecule has 0 aromatic rings. The molecule has 2 atom stereocenters. The number of carbonyl (C=O) groups excluding carboxylic acids is 1. The molecule has 0 radical (unpaired) electrons. The number of hydrogen-bond acceptors (Lipinski definition) is 4. The Kier molecular flexibility index (Phi) is 5.22. The van der Waals surface area contributed by atoms with Gasteiger partial charge in [0.05, 0.1) is 19.6 Å². The van der Waals surface area contributed by atoms with Gasteiger partial charge < -0.3 is 14.8 Å². The van der Waals surface area contributed by atoms with E-state index < -0.39 is 0 Å². The molecule has 1 rings (SSSR count). The minimum Gasteiger partial charge on any atom is -0.469 e. The maximum absolute atomic E-state index is 11.5. The van der Waals surface area contributed by atoms with Crippen LogP contribution in [-0.4, -0.2) is 37.9 Å². The van der Waals surface area contributed by atoms with Crippen LogP contribution < -0.4 is 5.32 Å². The second-order valence-corrected chi connectivity index (χ2v) is 4.60. The maximum atomic E-state index is 11.5. The first-order valence-corrected chi connectivity index (χ1v) is 6.05. The lowest BCUT2D eigenvalue weighted by atomic mass is 9.83. The molecule has 16 heavy (non-hydrogen) atoms. The standard InChI is InChI=1S/C12H23NO3/c1-4-6-13-12(9-11(14)15-3)5-7-16-10(2)8-12/h10,13H,4-9H2,1-3H3. The van der Waals surface area contributed by atoms with Crippen molar-refractivity contribution in [1.82, 2.24) is 5.32 Å². The Morgan fingerprint density at radius 1 is 1.62 bits per heavy atom. The van der Waals surface area contributed by atoms with Crippen LogP contribution in [0.25, 0.3) is 0 Å². The van der Waals surface area contributed by atoms with Gasteiger partial charge in [-0.15, -0.1) is 0 Å². The molecule has 1 N–H and O–H groups in total. The molecule has 1 aliphatic rings. The summed E-state index contributed by atoms with van der Waals surface area (Å²) in [6.45, 7) is 5.83. The van der Waals surface area contributed by atoms with E-state index in [0.717, 1.165) is 32.4 Å². The average molecular weight is 229 g/mol. The summed E-state index contributed by atoms with van der Waals surface area (Å²) in [6, 6.07) is 0. The molecular weight excluding hydrogens is 206 g/mol. The molecule has 1 fully saturated rings. The highest BCUT2D eigenvalue weighted by Gasteiger charge is 2.37. The minimum atomic E-state index is -0.141. The Morgan fingerprint density at radius 2 is 2.38 bits per heavy atom. The van der Waals surface area contributed by atoms with Crippen molar-refractivity contribution < 1.29 is 14.3 Å². The lowest BCUT2D eigenvalue weighted by Gasteiger charge is -2.40. The van der Waals surface area contributed by atoms with Crippen molar-refractivity contribution in [2.75, 3.05) is 20.3 Å². The summed E-state index contributed by atoms with van der Waals surface area (Å²) in [5, 5.41) is 3.50. The summed E-state index contributed by atoms with van der Waals surface area (Å²) in [6.07, 6.45) is 3.48. The summed E-state index contributed by atoms with van der Waals surface area (Å²) >= 11 is 0. The highest BCUT2D eigenvalue weighted by molar-refractivity contribution is 5.70. The van der Waals surface area contributed by atoms with E-state index in [9.17, 15) is 4.79 Å². The Bertz CT molecular complexity index is 232. The van der Waals surface area contributed by atoms with Crippen LogP contribution in [0.4, 0.5) is 0 Å². The van der Waals surface area contributed by atoms with E-state index in [4.69, 9.17) is 9.47 Å². The molecule has 0 amide bonds. The number of carbonyl (C=O) groups is 1. The molecule has 1 saturated heterocycles. The number of esters is 1. The fourth-order valence-corrected chi connectivity index (χ4v) is 2.29. The van der Waals surface area contributed by atoms with Crippen LogP contribution in [0.5, 0.6) is 0 Å². The van der Waals surface area contributed by atoms with Crippen LogP contribution in [0, 0.1) is 0 Å². The van der Waals surface area contributed by atoms with Crippen LogP contribution in [0.15, 0.2) is 0 Å². The molecule has 94 valence electrons. The fourth-order valence-electron chi connectivity index (χ4n) is 2.29. The van der Waals surface area contributed by atoms with Gasteiger partial charge in [-0.25, -0.2) is 0 Å². The zero-order valence-corrected chi connectivity index (χ0v) is 10.5. The van der Waals surface area contributed by atoms with E-state index in [1.165, 1.54) is 7.11 Å². The third kappa shape index (κ3) is 3.76. The molecule has 0 bridgehead atoms. The third-order valence-corrected chi connectivity index (χ3v) is 3.12. The van der Waals surface area contributed by atoms with Crippen LogP contribution in [0.2, 0.25) is 0 Å². The van der Waals surface area contributed by atoms with Crippen molar-refractivity contribution in [3.8, 4) is 0 Å². The number of methoxy groups -OCH3 is 1. The quantitative estimate of drug-likeness (QED) is 0.726. The first kappa shape index (κ1) is 13.5. The Hall–Kier alpha value is -0.610. The van der Waals surface area contributed by atoms with Gasteiger partial charge in [0.1, 0.15) is 0 Å². The molecule has 0 aliphatic carbocycles. The third-order valence-electron chi connectivity index (χ3n) is 3.12. The number of ether oxygens (including phenoxy) is 2. The lowest BCUT2D eigenvalue weighted by molar-refractivity contribution is -0.144. The van der Waals surface area contributed by atoms with Gasteiger partial charge in [-0.3, -0.25) is 4.79 Å². The zero-order chi connectivity index (χ0) is 12.0. The molecule has 4 heteroatoms. The van der Waals surface area contributed by atoms with Crippen LogP contribution >= 0.6 is 0 Å². The van der Waals surface area contributed by atoms with E-state index >= 15 is 0 Å². The highest BCUT2D eigenvalue weighted by atomic mass is 16.5. The van der Waals surface area contributed by atoms with Crippen molar-refractivity contribution in [3.05, 3.63) is 0 Å². The van der Waals surface area contributed by atoms with E-state index in [1.54, 1.807) is 0 Å². The Morgan fingerprint density at radius 3 is 2.94 bits per heavy atom. The second kappa shape index (κ2) is 6.21. The van der Waals surface area contributed by atoms with E-state index in [0.29, 0.717) is 6.42 Å². The smallest absolute Gasteiger partial charge is 0.307 e. The zero-order valence-electron chi connectivity index (χ0n) is 10.5. The summed E-state index contributed by atoms with van der Waals surface area (Å²) in [5.74, 6) is -0.141. The normalized spacial score (nSPS) is 30.1. The predicted molar refractivity (Wildman–Crippen MR) is 62.3 cm³/mol. The van der Waals surface area contributed by atoms with Gasteiger partial charge in [0.25, 0.3) is 0 Å². The van der Waals surface area contributed by atoms with Gasteiger partial charge >= 0.3 is 5.97 Å². The summed E-state index contributed by atoms with van der Waals surface area (Å²) < 4.78 is 10.3. The number of rotatable bonds is 5. The number of hydrogen-bond donors (Lipinski definition) is 1. The van der Waals surface area contributed by atoms with Crippen molar-refractivity contribution >= 4 is 5.97 Å². The summed E-state index contributed by atoms with van der Waals surface area (Å²) in [5.41, 5.74) is -0.124. The van der Waals surface area contributed by atoms with Gasteiger partial charge in [-0.05, 0) is 32.7 Å². The van der Waals surface area contributed by atoms with Gasteiger partial charge in [0.15, 0.2) is 0 Å². The van der Waals surface area contributed by atoms with E-state index in [-0.39, 0.29) is 17.6 Å². The molecule has 2 unspecified atom stereocenters. The van der Waals surface area contributed by atoms with Crippen molar-refractivity contribution in [3.63, 3.8) is 0 Å². The largest absolute Gasteiger partial charge is 0.469 e. The van der Waals surface area contributed by atoms with E-state index in [2.05, 4.69) is 19.2 Å². The maximum Gasteiger partial charge on any atom is 0.307 e. The molecule has 0 saturated carbocycles. The fraction of sp³-hybridized carbons (Fsp3) is 0.917. The first-order chi connectivity index (χ1) is 7.62. The average Bonchev–Trinajstić information content (AvgIpc) is 2.26. The van der Waals surface area contributed by atoms with Crippen LogP contribution in [-0.2, 0) is 14.3 Å². The van der Waals surface area contributed by atoms with Gasteiger partial charge in [0.2, 0.25) is 0 Å². The summed E-state index contributed by atoms with van der Waals surface area (Å²) in [7, 11) is 1.44. The Balaban J connectivity index is 2.62. The van der Waals surface area contributed by atoms with E-state index in [1.807, 2.05) is 0 Å². The molecule has 0 spiro atoms. The minimum absolute atomic E-state index is 0.124. The van der Waals surface area contributed by atoms with Gasteiger partial charge in [-0.1, -0.05) is 6.92 Å². The topological polar surface area (TPSA) is 47.6 Å². The second-order valence-electron chi connectivity index (χ2n) is 4.60. The van der Waals surface area contributed by atoms with Crippen LogP contribution in [0.3, 0.4) is 0 Å². The number of nitrogens with one attached hydrogen (secondary N) is 1. The molecule has 1 heterocycles. The SMILES string of the molecule is CCCNC1(CC(=O)OC)CCOC(C)C1. The molecule has 0 aromatic carbocycles. The van der Waals surface area contributed by atoms with Crippen molar-refractivity contribution in [2.45, 2.75) is 51.2 Å². The van der Waals surface area contributed by atoms with Gasteiger partial charge in [-0.2, -0.15) is 0 Å². The summed E-state index contributed by atoms with van der Waals surface area (Å²) in [4.78, 5) is 11.5. The first-order valence-electron chi connectivity index (χ1n) is 6.05. The molecular formula is C12H23NO3. The van der Waals surface area contributed by atoms with Crippen molar-refractivity contribution in [1.29, 1.82) is 0 Å². The molecule has 0 aromatic heterocycles. The lowest BCUT2D eigenvalue weighted by Crippen LogP contribution is -2.53. The predicted octanol–water partition coefficient (Wildman–Crippen LogP) is 1.49. The highest BCUT2D eigenvalue weighted by Crippen LogP contribution is 2.28. The molecule has 4 nitrogen and oxygen atoms in total. The monoisotopic (exact) mass is 229 g/mol. The Labute approximate surface area is 97.7 Å².